The molecule has 0 aliphatic carbocycles. The second kappa shape index (κ2) is 7.14. The number of halogens is 2. The highest BCUT2D eigenvalue weighted by molar-refractivity contribution is 6.34. The Balaban J connectivity index is 2.09. The molecule has 0 fully saturated rings. The van der Waals surface area contributed by atoms with Crippen molar-refractivity contribution in [3.63, 3.8) is 0 Å². The first-order chi connectivity index (χ1) is 12.0. The standard InChI is InChI=1S/C18H14Cl2N4O/c1-2-25-15-6-3-10(7-13(15)19)8-14-16-12(18(20)24-23-14)5-4-11(9-21)17(16)22/h3-7H,2,8,22H2,1H3. The second-order valence-electron chi connectivity index (χ2n) is 5.37. The van der Waals surface area contributed by atoms with Crippen molar-refractivity contribution in [3.05, 3.63) is 57.3 Å². The summed E-state index contributed by atoms with van der Waals surface area (Å²) >= 11 is 12.4. The van der Waals surface area contributed by atoms with Gasteiger partial charge in [-0.05, 0) is 36.8 Å². The Morgan fingerprint density at radius 2 is 2.00 bits per heavy atom. The minimum absolute atomic E-state index is 0.250. The van der Waals surface area contributed by atoms with Crippen LogP contribution in [0.5, 0.6) is 5.75 Å². The summed E-state index contributed by atoms with van der Waals surface area (Å²) in [4.78, 5) is 0. The van der Waals surface area contributed by atoms with E-state index in [0.29, 0.717) is 51.5 Å². The summed E-state index contributed by atoms with van der Waals surface area (Å²) in [5, 5.41) is 19.5. The monoisotopic (exact) mass is 372 g/mol. The number of benzene rings is 2. The van der Waals surface area contributed by atoms with Gasteiger partial charge in [0.15, 0.2) is 5.15 Å². The van der Waals surface area contributed by atoms with E-state index < -0.39 is 0 Å². The molecule has 0 spiro atoms. The summed E-state index contributed by atoms with van der Waals surface area (Å²) in [7, 11) is 0. The quantitative estimate of drug-likeness (QED) is 0.686. The first-order valence-corrected chi connectivity index (χ1v) is 8.35. The van der Waals surface area contributed by atoms with Crippen molar-refractivity contribution in [1.29, 1.82) is 5.26 Å². The molecule has 2 N–H and O–H groups in total. The van der Waals surface area contributed by atoms with E-state index in [4.69, 9.17) is 33.7 Å². The van der Waals surface area contributed by atoms with E-state index in [1.54, 1.807) is 12.1 Å². The van der Waals surface area contributed by atoms with Crippen molar-refractivity contribution in [2.24, 2.45) is 0 Å². The van der Waals surface area contributed by atoms with Gasteiger partial charge in [0.05, 0.1) is 28.6 Å². The zero-order chi connectivity index (χ0) is 18.0. The smallest absolute Gasteiger partial charge is 0.159 e. The lowest BCUT2D eigenvalue weighted by molar-refractivity contribution is 0.340. The Labute approximate surface area is 154 Å². The van der Waals surface area contributed by atoms with Crippen molar-refractivity contribution in [1.82, 2.24) is 10.2 Å². The number of ether oxygens (including phenoxy) is 1. The third-order valence-corrected chi connectivity index (χ3v) is 4.38. The van der Waals surface area contributed by atoms with Crippen molar-refractivity contribution >= 4 is 39.7 Å². The Hall–Kier alpha value is -2.55. The summed E-state index contributed by atoms with van der Waals surface area (Å²) in [5.41, 5.74) is 8.44. The number of nitrogen functional groups attached to an aromatic ring is 1. The van der Waals surface area contributed by atoms with Gasteiger partial charge in [-0.15, -0.1) is 5.10 Å². The van der Waals surface area contributed by atoms with E-state index in [1.165, 1.54) is 0 Å². The van der Waals surface area contributed by atoms with Gasteiger partial charge in [-0.2, -0.15) is 10.4 Å². The number of nitriles is 1. The maximum atomic E-state index is 9.21. The number of hydrogen-bond donors (Lipinski definition) is 1. The van der Waals surface area contributed by atoms with E-state index in [9.17, 15) is 5.26 Å². The average molecular weight is 373 g/mol. The molecule has 0 bridgehead atoms. The first-order valence-electron chi connectivity index (χ1n) is 7.59. The largest absolute Gasteiger partial charge is 0.492 e. The van der Waals surface area contributed by atoms with Crippen molar-refractivity contribution < 1.29 is 4.74 Å². The number of fused-ring (bicyclic) bond motifs is 1. The molecule has 1 heterocycles. The van der Waals surface area contributed by atoms with Crippen molar-refractivity contribution in [2.75, 3.05) is 12.3 Å². The zero-order valence-electron chi connectivity index (χ0n) is 13.4. The minimum atomic E-state index is 0.250. The predicted octanol–water partition coefficient (Wildman–Crippen LogP) is 4.38. The number of hydrogen-bond acceptors (Lipinski definition) is 5. The fourth-order valence-corrected chi connectivity index (χ4v) is 3.10. The van der Waals surface area contributed by atoms with Gasteiger partial charge in [0.2, 0.25) is 0 Å². The Bertz CT molecular complexity index is 999. The van der Waals surface area contributed by atoms with E-state index in [2.05, 4.69) is 16.3 Å². The molecule has 2 aromatic carbocycles. The maximum Gasteiger partial charge on any atom is 0.159 e. The van der Waals surface area contributed by atoms with Crippen LogP contribution in [0.15, 0.2) is 30.3 Å². The average Bonchev–Trinajstić information content (AvgIpc) is 2.60. The van der Waals surface area contributed by atoms with Crippen LogP contribution in [0.3, 0.4) is 0 Å². The highest BCUT2D eigenvalue weighted by Crippen LogP contribution is 2.32. The van der Waals surface area contributed by atoms with Gasteiger partial charge in [-0.1, -0.05) is 29.3 Å². The van der Waals surface area contributed by atoms with Gasteiger partial charge in [-0.3, -0.25) is 0 Å². The molecule has 0 radical (unpaired) electrons. The molecule has 0 aliphatic heterocycles. The Kier molecular flexibility index (Phi) is 4.93. The van der Waals surface area contributed by atoms with Crippen LogP contribution in [0.4, 0.5) is 5.69 Å². The highest BCUT2D eigenvalue weighted by atomic mass is 35.5. The molecule has 5 nitrogen and oxygen atoms in total. The maximum absolute atomic E-state index is 9.21. The SMILES string of the molecule is CCOc1ccc(Cc2nnc(Cl)c3ccc(C#N)c(N)c23)cc1Cl. The number of nitrogens with two attached hydrogens (primary N) is 1. The van der Waals surface area contributed by atoms with E-state index in [0.717, 1.165) is 5.56 Å². The second-order valence-corrected chi connectivity index (χ2v) is 6.14. The molecule has 0 atom stereocenters. The van der Waals surface area contributed by atoms with Gasteiger partial charge in [0.1, 0.15) is 11.8 Å². The Morgan fingerprint density at radius 1 is 1.20 bits per heavy atom. The fourth-order valence-electron chi connectivity index (χ4n) is 2.65. The van der Waals surface area contributed by atoms with Gasteiger partial charge >= 0.3 is 0 Å². The summed E-state index contributed by atoms with van der Waals surface area (Å²) in [5.74, 6) is 0.631. The van der Waals surface area contributed by atoms with Gasteiger partial charge < -0.3 is 10.5 Å². The van der Waals surface area contributed by atoms with Gasteiger partial charge in [-0.25, -0.2) is 0 Å². The Morgan fingerprint density at radius 3 is 2.68 bits per heavy atom. The molecule has 3 aromatic rings. The lowest BCUT2D eigenvalue weighted by atomic mass is 10.0. The van der Waals surface area contributed by atoms with Crippen LogP contribution in [-0.2, 0) is 6.42 Å². The molecule has 3 rings (SSSR count). The van der Waals surface area contributed by atoms with Gasteiger partial charge in [0.25, 0.3) is 0 Å². The molecule has 0 saturated carbocycles. The van der Waals surface area contributed by atoms with E-state index >= 15 is 0 Å². The van der Waals surface area contributed by atoms with Gasteiger partial charge in [0, 0.05) is 17.2 Å². The van der Waals surface area contributed by atoms with Crippen molar-refractivity contribution in [2.45, 2.75) is 13.3 Å². The number of anilines is 1. The molecule has 0 unspecified atom stereocenters. The topological polar surface area (TPSA) is 84.8 Å². The number of aromatic nitrogens is 2. The van der Waals surface area contributed by atoms with Crippen molar-refractivity contribution in [3.8, 4) is 11.8 Å². The molecule has 7 heteroatoms. The van der Waals surface area contributed by atoms with Crippen LogP contribution in [0.25, 0.3) is 10.8 Å². The number of nitrogens with zero attached hydrogens (tertiary/aromatic N) is 3. The molecule has 1 aromatic heterocycles. The lowest BCUT2D eigenvalue weighted by Gasteiger charge is -2.11. The summed E-state index contributed by atoms with van der Waals surface area (Å²) in [6, 6.07) is 11.0. The van der Waals surface area contributed by atoms with Crippen LogP contribution in [0.2, 0.25) is 10.2 Å². The van der Waals surface area contributed by atoms with E-state index in [1.807, 2.05) is 25.1 Å². The van der Waals surface area contributed by atoms with E-state index in [-0.39, 0.29) is 5.15 Å². The van der Waals surface area contributed by atoms with Crippen LogP contribution in [-0.4, -0.2) is 16.8 Å². The van der Waals surface area contributed by atoms with Crippen LogP contribution in [0, 0.1) is 11.3 Å². The first kappa shape index (κ1) is 17.3. The van der Waals surface area contributed by atoms with Crippen LogP contribution >= 0.6 is 23.2 Å². The summed E-state index contributed by atoms with van der Waals surface area (Å²) in [6.45, 7) is 2.44. The fraction of sp³-hybridized carbons (Fsp3) is 0.167. The summed E-state index contributed by atoms with van der Waals surface area (Å²) in [6.07, 6.45) is 0.450. The normalized spacial score (nSPS) is 10.6. The highest BCUT2D eigenvalue weighted by Gasteiger charge is 2.15. The molecule has 0 amide bonds. The minimum Gasteiger partial charge on any atom is -0.492 e. The third-order valence-electron chi connectivity index (χ3n) is 3.80. The molecule has 0 aliphatic rings. The third kappa shape index (κ3) is 3.32. The van der Waals surface area contributed by atoms with Crippen LogP contribution < -0.4 is 10.5 Å². The summed E-state index contributed by atoms with van der Waals surface area (Å²) < 4.78 is 5.44. The molecular weight excluding hydrogens is 359 g/mol. The predicted molar refractivity (Wildman–Crippen MR) is 99.1 cm³/mol. The molecule has 126 valence electrons. The zero-order valence-corrected chi connectivity index (χ0v) is 14.9. The lowest BCUT2D eigenvalue weighted by Crippen LogP contribution is -2.02. The number of rotatable bonds is 4. The molecule has 25 heavy (non-hydrogen) atoms. The van der Waals surface area contributed by atoms with Crippen LogP contribution in [0.1, 0.15) is 23.7 Å². The molecule has 0 saturated heterocycles. The molecular formula is C18H14Cl2N4O.